The molecule has 4 rings (SSSR count). The third kappa shape index (κ3) is 2.23. The Morgan fingerprint density at radius 3 is 2.90 bits per heavy atom. The van der Waals surface area contributed by atoms with Gasteiger partial charge in [0.15, 0.2) is 0 Å². The van der Waals surface area contributed by atoms with E-state index in [0.29, 0.717) is 17.6 Å². The number of nitrogens with zero attached hydrogens (tertiary/aromatic N) is 3. The first kappa shape index (κ1) is 12.6. The Morgan fingerprint density at radius 2 is 2.19 bits per heavy atom. The van der Waals surface area contributed by atoms with Crippen LogP contribution in [0.5, 0.6) is 0 Å². The number of hydrogen-bond donors (Lipinski definition) is 1. The van der Waals surface area contributed by atoms with Crippen LogP contribution in [-0.4, -0.2) is 14.5 Å². The largest absolute Gasteiger partial charge is 0.449 e. The summed E-state index contributed by atoms with van der Waals surface area (Å²) in [7, 11) is 0. The zero-order chi connectivity index (χ0) is 14.4. The number of hydrogen-bond acceptors (Lipinski definition) is 2. The predicted molar refractivity (Wildman–Crippen MR) is 78.5 cm³/mol. The van der Waals surface area contributed by atoms with Crippen LogP contribution in [0.2, 0.25) is 5.15 Å². The van der Waals surface area contributed by atoms with E-state index >= 15 is 0 Å². The Hall–Kier alpha value is -2.14. The Labute approximate surface area is 125 Å². The molecule has 1 saturated carbocycles. The Bertz CT molecular complexity index is 862. The molecule has 0 spiro atoms. The second-order valence-electron chi connectivity index (χ2n) is 5.39. The van der Waals surface area contributed by atoms with Crippen LogP contribution in [0.25, 0.3) is 5.65 Å². The summed E-state index contributed by atoms with van der Waals surface area (Å²) < 4.78 is 3.72. The van der Waals surface area contributed by atoms with E-state index in [-0.39, 0.29) is 5.69 Å². The third-order valence-electron chi connectivity index (χ3n) is 3.80. The van der Waals surface area contributed by atoms with Crippen molar-refractivity contribution in [1.82, 2.24) is 14.5 Å². The molecule has 1 aliphatic carbocycles. The summed E-state index contributed by atoms with van der Waals surface area (Å²) in [4.78, 5) is 16.3. The van der Waals surface area contributed by atoms with Crippen LogP contribution in [0, 0.1) is 0 Å². The van der Waals surface area contributed by atoms with Gasteiger partial charge < -0.3 is 0 Å². The molecule has 0 saturated heterocycles. The summed E-state index contributed by atoms with van der Waals surface area (Å²) in [6.45, 7) is 0. The molecule has 0 aliphatic heterocycles. The van der Waals surface area contributed by atoms with E-state index in [4.69, 9.17) is 11.6 Å². The third-order valence-corrected chi connectivity index (χ3v) is 4.03. The minimum atomic E-state index is -0.0885. The van der Waals surface area contributed by atoms with E-state index in [0.717, 1.165) is 29.7 Å². The highest BCUT2D eigenvalue weighted by Gasteiger charge is 2.33. The fourth-order valence-electron chi connectivity index (χ4n) is 2.64. The molecule has 0 radical (unpaired) electrons. The highest BCUT2D eigenvalue weighted by molar-refractivity contribution is 6.29. The summed E-state index contributed by atoms with van der Waals surface area (Å²) >= 11 is 5.81. The smallest absolute Gasteiger partial charge is 0.244 e. The van der Waals surface area contributed by atoms with Crippen molar-refractivity contribution in [3.05, 3.63) is 63.4 Å². The number of nitrogens with one attached hydrogen (secondary N) is 1. The standard InChI is InChI=1S/C15H13ClN4O/c16-13-7-4-10(9-17-13)8-12-2-1-3-14-19(12)15(21)18-20(14)11-5-6-11/h1-4,7,9,11H,5-6,8H2/p+1. The van der Waals surface area contributed by atoms with E-state index in [2.05, 4.69) is 10.1 Å². The van der Waals surface area contributed by atoms with Gasteiger partial charge in [0.25, 0.3) is 0 Å². The van der Waals surface area contributed by atoms with Gasteiger partial charge in [0, 0.05) is 18.7 Å². The van der Waals surface area contributed by atoms with Gasteiger partial charge in [-0.15, -0.1) is 9.08 Å². The molecule has 21 heavy (non-hydrogen) atoms. The van der Waals surface area contributed by atoms with Crippen molar-refractivity contribution in [3.8, 4) is 0 Å². The first-order valence-electron chi connectivity index (χ1n) is 6.97. The lowest BCUT2D eigenvalue weighted by Gasteiger charge is -2.00. The van der Waals surface area contributed by atoms with Gasteiger partial charge in [-0.1, -0.05) is 23.7 Å². The molecular formula is C15H14ClN4O+. The second kappa shape index (κ2) is 4.70. The maximum atomic E-state index is 12.2. The van der Waals surface area contributed by atoms with Gasteiger partial charge in [0.1, 0.15) is 16.9 Å². The number of pyridine rings is 2. The maximum Gasteiger partial charge on any atom is 0.449 e. The monoisotopic (exact) mass is 301 g/mol. The quantitative estimate of drug-likeness (QED) is 0.593. The van der Waals surface area contributed by atoms with Crippen LogP contribution in [-0.2, 0) is 6.42 Å². The van der Waals surface area contributed by atoms with E-state index in [9.17, 15) is 4.79 Å². The molecular weight excluding hydrogens is 288 g/mol. The molecule has 3 heterocycles. The molecule has 1 aliphatic rings. The summed E-state index contributed by atoms with van der Waals surface area (Å²) in [5.74, 6) is 0. The molecule has 1 fully saturated rings. The van der Waals surface area contributed by atoms with Gasteiger partial charge >= 0.3 is 11.3 Å². The van der Waals surface area contributed by atoms with Crippen LogP contribution in [0.1, 0.15) is 30.1 Å². The molecule has 0 aromatic carbocycles. The zero-order valence-electron chi connectivity index (χ0n) is 11.3. The summed E-state index contributed by atoms with van der Waals surface area (Å²) in [6, 6.07) is 10.1. The molecule has 0 unspecified atom stereocenters. The van der Waals surface area contributed by atoms with E-state index < -0.39 is 0 Å². The topological polar surface area (TPSA) is 54.0 Å². The predicted octanol–water partition coefficient (Wildman–Crippen LogP) is 1.89. The van der Waals surface area contributed by atoms with E-state index in [1.165, 1.54) is 0 Å². The van der Waals surface area contributed by atoms with Crippen molar-refractivity contribution >= 4 is 17.2 Å². The first-order valence-corrected chi connectivity index (χ1v) is 7.35. The normalized spacial score (nSPS) is 14.7. The lowest BCUT2D eigenvalue weighted by molar-refractivity contribution is -0.732. The molecule has 6 heteroatoms. The second-order valence-corrected chi connectivity index (χ2v) is 5.78. The molecule has 0 atom stereocenters. The van der Waals surface area contributed by atoms with Gasteiger partial charge in [-0.05, 0) is 30.5 Å². The van der Waals surface area contributed by atoms with Crippen LogP contribution in [0.15, 0.2) is 41.3 Å². The average Bonchev–Trinajstić information content (AvgIpc) is 3.27. The number of H-pyrrole nitrogens is 1. The summed E-state index contributed by atoms with van der Waals surface area (Å²) in [5.41, 5.74) is 2.80. The highest BCUT2D eigenvalue weighted by atomic mass is 35.5. The summed E-state index contributed by atoms with van der Waals surface area (Å²) in [5, 5.41) is 3.41. The van der Waals surface area contributed by atoms with Crippen molar-refractivity contribution in [2.75, 3.05) is 0 Å². The van der Waals surface area contributed by atoms with Crippen molar-refractivity contribution in [2.45, 2.75) is 25.3 Å². The lowest BCUT2D eigenvalue weighted by atomic mass is 10.1. The number of aromatic amines is 1. The number of aromatic nitrogens is 4. The van der Waals surface area contributed by atoms with Crippen LogP contribution < -0.4 is 10.4 Å². The van der Waals surface area contributed by atoms with Crippen LogP contribution in [0.4, 0.5) is 0 Å². The van der Waals surface area contributed by atoms with Gasteiger partial charge in [-0.3, -0.25) is 0 Å². The molecule has 0 bridgehead atoms. The van der Waals surface area contributed by atoms with Crippen LogP contribution in [0.3, 0.4) is 0 Å². The Morgan fingerprint density at radius 1 is 1.33 bits per heavy atom. The minimum absolute atomic E-state index is 0.0885. The SMILES string of the molecule is O=c1[nH][n+](C2CC2)c2cccc(Cc3ccc(Cl)nc3)n12. The van der Waals surface area contributed by atoms with Crippen molar-refractivity contribution < 1.29 is 4.68 Å². The minimum Gasteiger partial charge on any atom is -0.244 e. The van der Waals surface area contributed by atoms with Gasteiger partial charge in [-0.25, -0.2) is 9.78 Å². The number of rotatable bonds is 3. The fraction of sp³-hybridized carbons (Fsp3) is 0.267. The Balaban J connectivity index is 1.81. The van der Waals surface area contributed by atoms with Crippen molar-refractivity contribution in [1.29, 1.82) is 0 Å². The van der Waals surface area contributed by atoms with Crippen molar-refractivity contribution in [3.63, 3.8) is 0 Å². The fourth-order valence-corrected chi connectivity index (χ4v) is 2.76. The number of fused-ring (bicyclic) bond motifs is 1. The van der Waals surface area contributed by atoms with Crippen molar-refractivity contribution in [2.24, 2.45) is 0 Å². The number of halogens is 1. The Kier molecular flexibility index (Phi) is 2.82. The first-order chi connectivity index (χ1) is 10.2. The van der Waals surface area contributed by atoms with E-state index in [1.807, 2.05) is 28.9 Å². The zero-order valence-corrected chi connectivity index (χ0v) is 12.0. The molecule has 106 valence electrons. The maximum absolute atomic E-state index is 12.2. The van der Waals surface area contributed by atoms with Crippen LogP contribution >= 0.6 is 11.6 Å². The van der Waals surface area contributed by atoms with Gasteiger partial charge in [-0.2, -0.15) is 5.10 Å². The highest BCUT2D eigenvalue weighted by Crippen LogP contribution is 2.28. The van der Waals surface area contributed by atoms with Gasteiger partial charge in [0.2, 0.25) is 0 Å². The molecule has 5 nitrogen and oxygen atoms in total. The average molecular weight is 302 g/mol. The molecule has 1 N–H and O–H groups in total. The van der Waals surface area contributed by atoms with Gasteiger partial charge in [0.05, 0.1) is 0 Å². The van der Waals surface area contributed by atoms with E-state index in [1.54, 1.807) is 16.7 Å². The summed E-state index contributed by atoms with van der Waals surface area (Å²) in [6.07, 6.45) is 4.65. The molecule has 0 amide bonds. The molecule has 3 aromatic heterocycles. The molecule has 3 aromatic rings. The lowest BCUT2D eigenvalue weighted by Crippen LogP contribution is -2.36.